The first-order valence-electron chi connectivity index (χ1n) is 7.06. The third-order valence-electron chi connectivity index (χ3n) is 3.43. The van der Waals surface area contributed by atoms with Crippen molar-refractivity contribution in [2.75, 3.05) is 5.75 Å². The molecule has 19 heavy (non-hydrogen) atoms. The molecule has 1 aromatic rings. The van der Waals surface area contributed by atoms with Crippen molar-refractivity contribution in [1.29, 1.82) is 0 Å². The topological polar surface area (TPSA) is 29.1 Å². The molecule has 0 bridgehead atoms. The second kappa shape index (κ2) is 8.26. The van der Waals surface area contributed by atoms with Gasteiger partial charge in [-0.05, 0) is 49.9 Å². The summed E-state index contributed by atoms with van der Waals surface area (Å²) in [6, 6.07) is 6.80. The number of benzene rings is 1. The summed E-state index contributed by atoms with van der Waals surface area (Å²) >= 11 is 1.75. The minimum atomic E-state index is 0.171. The normalized spacial score (nSPS) is 10.8. The Morgan fingerprint density at radius 1 is 1.21 bits per heavy atom. The molecule has 0 atom stereocenters. The molecule has 0 unspecified atom stereocenters. The van der Waals surface area contributed by atoms with E-state index in [2.05, 4.69) is 51.2 Å². The fraction of sp³-hybridized carbons (Fsp3) is 0.562. The fourth-order valence-electron chi connectivity index (χ4n) is 1.86. The maximum Gasteiger partial charge on any atom is 0.221 e. The van der Waals surface area contributed by atoms with Crippen LogP contribution in [0.3, 0.4) is 0 Å². The number of thioether (sulfide) groups is 1. The largest absolute Gasteiger partial charge is 0.353 e. The number of amides is 1. The van der Waals surface area contributed by atoms with Crippen LogP contribution >= 0.6 is 11.8 Å². The third kappa shape index (κ3) is 5.68. The molecule has 0 aliphatic rings. The number of rotatable bonds is 7. The molecule has 0 saturated carbocycles. The summed E-state index contributed by atoms with van der Waals surface area (Å²) in [7, 11) is 0. The van der Waals surface area contributed by atoms with Gasteiger partial charge in [-0.15, -0.1) is 11.8 Å². The highest BCUT2D eigenvalue weighted by Gasteiger charge is 2.08. The Balaban J connectivity index is 2.33. The first kappa shape index (κ1) is 16.1. The number of nitrogens with one attached hydrogen (secondary N) is 1. The third-order valence-corrected chi connectivity index (χ3v) is 4.42. The lowest BCUT2D eigenvalue weighted by atomic mass is 10.1. The lowest BCUT2D eigenvalue weighted by Crippen LogP contribution is -2.33. The highest BCUT2D eigenvalue weighted by Crippen LogP contribution is 2.21. The predicted octanol–water partition coefficient (Wildman–Crippen LogP) is 4.09. The van der Waals surface area contributed by atoms with Gasteiger partial charge in [-0.2, -0.15) is 0 Å². The second-order valence-corrected chi connectivity index (χ2v) is 6.09. The van der Waals surface area contributed by atoms with E-state index in [-0.39, 0.29) is 5.91 Å². The SMILES string of the molecule is CCC(CC)NC(=O)CCSc1ccc(C)c(C)c1. The number of carbonyl (C=O) groups is 1. The molecular weight excluding hydrogens is 254 g/mol. The van der Waals surface area contributed by atoms with Crippen molar-refractivity contribution < 1.29 is 4.79 Å². The average Bonchev–Trinajstić information content (AvgIpc) is 2.40. The molecule has 0 radical (unpaired) electrons. The van der Waals surface area contributed by atoms with E-state index in [4.69, 9.17) is 0 Å². The molecule has 0 saturated heterocycles. The Hall–Kier alpha value is -0.960. The molecule has 1 N–H and O–H groups in total. The molecule has 1 aromatic carbocycles. The average molecular weight is 279 g/mol. The van der Waals surface area contributed by atoms with Gasteiger partial charge in [0.15, 0.2) is 0 Å². The van der Waals surface area contributed by atoms with E-state index in [9.17, 15) is 4.79 Å². The molecule has 1 amide bonds. The summed E-state index contributed by atoms with van der Waals surface area (Å²) in [4.78, 5) is 13.0. The highest BCUT2D eigenvalue weighted by molar-refractivity contribution is 7.99. The van der Waals surface area contributed by atoms with E-state index >= 15 is 0 Å². The zero-order chi connectivity index (χ0) is 14.3. The van der Waals surface area contributed by atoms with Crippen molar-refractivity contribution in [3.05, 3.63) is 29.3 Å². The standard InChI is InChI=1S/C16H25NOS/c1-5-14(6-2)17-16(18)9-10-19-15-8-7-12(3)13(4)11-15/h7-8,11,14H,5-6,9-10H2,1-4H3,(H,17,18). The van der Waals surface area contributed by atoms with Crippen molar-refractivity contribution in [1.82, 2.24) is 5.32 Å². The van der Waals surface area contributed by atoms with Crippen LogP contribution in [0.15, 0.2) is 23.1 Å². The maximum absolute atomic E-state index is 11.8. The summed E-state index contributed by atoms with van der Waals surface area (Å²) in [5.74, 6) is 1.01. The Bertz CT molecular complexity index is 413. The smallest absolute Gasteiger partial charge is 0.221 e. The lowest BCUT2D eigenvalue weighted by molar-refractivity contribution is -0.121. The zero-order valence-corrected chi connectivity index (χ0v) is 13.3. The Kier molecular flexibility index (Phi) is 7.00. The summed E-state index contributed by atoms with van der Waals surface area (Å²) in [6.45, 7) is 8.46. The highest BCUT2D eigenvalue weighted by atomic mass is 32.2. The van der Waals surface area contributed by atoms with Crippen LogP contribution in [0.5, 0.6) is 0 Å². The summed E-state index contributed by atoms with van der Waals surface area (Å²) in [6.07, 6.45) is 2.60. The molecule has 3 heteroatoms. The number of hydrogen-bond acceptors (Lipinski definition) is 2. The van der Waals surface area contributed by atoms with Gasteiger partial charge < -0.3 is 5.32 Å². The molecule has 0 heterocycles. The van der Waals surface area contributed by atoms with Gasteiger partial charge in [0.1, 0.15) is 0 Å². The monoisotopic (exact) mass is 279 g/mol. The van der Waals surface area contributed by atoms with Gasteiger partial charge in [0.2, 0.25) is 5.91 Å². The van der Waals surface area contributed by atoms with Crippen LogP contribution in [0.2, 0.25) is 0 Å². The molecule has 0 aliphatic carbocycles. The molecule has 106 valence electrons. The van der Waals surface area contributed by atoms with Gasteiger partial charge in [0, 0.05) is 23.1 Å². The van der Waals surface area contributed by atoms with E-state index in [1.54, 1.807) is 11.8 Å². The molecular formula is C16H25NOS. The molecule has 0 spiro atoms. The Labute approximate surface area is 121 Å². The first-order chi connectivity index (χ1) is 9.06. The van der Waals surface area contributed by atoms with E-state index in [1.807, 2.05) is 0 Å². The number of carbonyl (C=O) groups excluding carboxylic acids is 1. The summed E-state index contributed by atoms with van der Waals surface area (Å²) in [5.41, 5.74) is 2.63. The van der Waals surface area contributed by atoms with Crippen LogP contribution in [0.1, 0.15) is 44.2 Å². The van der Waals surface area contributed by atoms with Gasteiger partial charge in [-0.1, -0.05) is 19.9 Å². The van der Waals surface area contributed by atoms with Crippen LogP contribution in [0.4, 0.5) is 0 Å². The van der Waals surface area contributed by atoms with Gasteiger partial charge in [0.25, 0.3) is 0 Å². The van der Waals surface area contributed by atoms with E-state index in [0.29, 0.717) is 12.5 Å². The van der Waals surface area contributed by atoms with Gasteiger partial charge in [-0.25, -0.2) is 0 Å². The summed E-state index contributed by atoms with van der Waals surface area (Å²) in [5, 5.41) is 3.07. The predicted molar refractivity (Wildman–Crippen MR) is 83.8 cm³/mol. The minimum absolute atomic E-state index is 0.171. The number of aryl methyl sites for hydroxylation is 2. The molecule has 0 fully saturated rings. The van der Waals surface area contributed by atoms with Gasteiger partial charge in [0.05, 0.1) is 0 Å². The Morgan fingerprint density at radius 2 is 1.89 bits per heavy atom. The van der Waals surface area contributed by atoms with Gasteiger partial charge >= 0.3 is 0 Å². The Morgan fingerprint density at radius 3 is 2.47 bits per heavy atom. The first-order valence-corrected chi connectivity index (χ1v) is 8.04. The van der Waals surface area contributed by atoms with Crippen molar-refractivity contribution in [3.8, 4) is 0 Å². The van der Waals surface area contributed by atoms with Crippen LogP contribution in [-0.4, -0.2) is 17.7 Å². The lowest BCUT2D eigenvalue weighted by Gasteiger charge is -2.14. The summed E-state index contributed by atoms with van der Waals surface area (Å²) < 4.78 is 0. The molecule has 2 nitrogen and oxygen atoms in total. The van der Waals surface area contributed by atoms with Crippen LogP contribution in [-0.2, 0) is 4.79 Å². The van der Waals surface area contributed by atoms with Crippen molar-refractivity contribution >= 4 is 17.7 Å². The van der Waals surface area contributed by atoms with Crippen molar-refractivity contribution in [2.45, 2.75) is 57.9 Å². The molecule has 0 aromatic heterocycles. The van der Waals surface area contributed by atoms with Gasteiger partial charge in [-0.3, -0.25) is 4.79 Å². The minimum Gasteiger partial charge on any atom is -0.353 e. The molecule has 0 aliphatic heterocycles. The van der Waals surface area contributed by atoms with Crippen LogP contribution < -0.4 is 5.32 Å². The van der Waals surface area contributed by atoms with Crippen molar-refractivity contribution in [2.24, 2.45) is 0 Å². The van der Waals surface area contributed by atoms with Crippen LogP contribution in [0, 0.1) is 13.8 Å². The maximum atomic E-state index is 11.8. The van der Waals surface area contributed by atoms with E-state index in [0.717, 1.165) is 18.6 Å². The van der Waals surface area contributed by atoms with Crippen molar-refractivity contribution in [3.63, 3.8) is 0 Å². The quantitative estimate of drug-likeness (QED) is 0.762. The second-order valence-electron chi connectivity index (χ2n) is 4.93. The van der Waals surface area contributed by atoms with E-state index in [1.165, 1.54) is 16.0 Å². The number of hydrogen-bond donors (Lipinski definition) is 1. The van der Waals surface area contributed by atoms with E-state index < -0.39 is 0 Å². The van der Waals surface area contributed by atoms with Crippen LogP contribution in [0.25, 0.3) is 0 Å². The zero-order valence-electron chi connectivity index (χ0n) is 12.5. The fourth-order valence-corrected chi connectivity index (χ4v) is 2.81. The molecule has 1 rings (SSSR count).